The minimum absolute atomic E-state index is 0.0501. The van der Waals surface area contributed by atoms with Crippen LogP contribution in [0, 0.1) is 0 Å². The Hall–Kier alpha value is -2.04. The van der Waals surface area contributed by atoms with Gasteiger partial charge >= 0.3 is 6.09 Å². The van der Waals surface area contributed by atoms with Crippen LogP contribution in [-0.4, -0.2) is 24.7 Å². The SMILES string of the molecule is CN(C(=O)OC(C)(C)C)c1ccccc1C(=O)[O-]. The van der Waals surface area contributed by atoms with Gasteiger partial charge in [-0.15, -0.1) is 0 Å². The second kappa shape index (κ2) is 5.08. The van der Waals surface area contributed by atoms with Crippen molar-refractivity contribution < 1.29 is 19.4 Å². The van der Waals surface area contributed by atoms with Crippen molar-refractivity contribution in [2.45, 2.75) is 26.4 Å². The van der Waals surface area contributed by atoms with Gasteiger partial charge in [0.1, 0.15) is 5.60 Å². The van der Waals surface area contributed by atoms with Crippen molar-refractivity contribution >= 4 is 17.7 Å². The van der Waals surface area contributed by atoms with E-state index in [-0.39, 0.29) is 11.3 Å². The topological polar surface area (TPSA) is 69.7 Å². The zero-order chi connectivity index (χ0) is 13.9. The van der Waals surface area contributed by atoms with E-state index in [1.54, 1.807) is 32.9 Å². The van der Waals surface area contributed by atoms with Gasteiger partial charge in [0, 0.05) is 12.6 Å². The molecule has 5 nitrogen and oxygen atoms in total. The number of carboxylic acid groups (broad SMARTS) is 1. The van der Waals surface area contributed by atoms with Gasteiger partial charge in [0.15, 0.2) is 0 Å². The molecule has 0 aliphatic rings. The van der Waals surface area contributed by atoms with Crippen molar-refractivity contribution in [3.63, 3.8) is 0 Å². The van der Waals surface area contributed by atoms with Gasteiger partial charge in [-0.3, -0.25) is 4.90 Å². The summed E-state index contributed by atoms with van der Waals surface area (Å²) in [6, 6.07) is 6.11. The van der Waals surface area contributed by atoms with Crippen LogP contribution < -0.4 is 10.0 Å². The van der Waals surface area contributed by atoms with E-state index in [0.29, 0.717) is 0 Å². The molecule has 0 radical (unpaired) electrons. The maximum Gasteiger partial charge on any atom is 0.414 e. The van der Waals surface area contributed by atoms with Crippen LogP contribution in [0.4, 0.5) is 10.5 Å². The number of carbonyl (C=O) groups excluding carboxylic acids is 2. The molecule has 0 aromatic heterocycles. The normalized spacial score (nSPS) is 10.9. The lowest BCUT2D eigenvalue weighted by atomic mass is 10.1. The number of ether oxygens (including phenoxy) is 1. The quantitative estimate of drug-likeness (QED) is 0.796. The average molecular weight is 250 g/mol. The summed E-state index contributed by atoms with van der Waals surface area (Å²) in [6.07, 6.45) is -0.615. The van der Waals surface area contributed by atoms with E-state index in [1.807, 2.05) is 0 Å². The number of amides is 1. The van der Waals surface area contributed by atoms with Crippen LogP contribution in [0.25, 0.3) is 0 Å². The second-order valence-electron chi connectivity index (χ2n) is 4.84. The van der Waals surface area contributed by atoms with Crippen molar-refractivity contribution in [2.75, 3.05) is 11.9 Å². The number of carbonyl (C=O) groups is 2. The van der Waals surface area contributed by atoms with Crippen LogP contribution >= 0.6 is 0 Å². The molecule has 0 spiro atoms. The van der Waals surface area contributed by atoms with E-state index in [9.17, 15) is 14.7 Å². The fourth-order valence-electron chi connectivity index (χ4n) is 1.37. The molecule has 0 aliphatic heterocycles. The third-order valence-corrected chi connectivity index (χ3v) is 2.15. The number of carboxylic acids is 1. The van der Waals surface area contributed by atoms with Gasteiger partial charge in [0.05, 0.1) is 11.7 Å². The number of hydrogen-bond donors (Lipinski definition) is 0. The van der Waals surface area contributed by atoms with E-state index < -0.39 is 17.7 Å². The lowest BCUT2D eigenvalue weighted by Crippen LogP contribution is -2.35. The van der Waals surface area contributed by atoms with Crippen molar-refractivity contribution in [3.05, 3.63) is 29.8 Å². The number of para-hydroxylation sites is 1. The summed E-state index contributed by atoms with van der Waals surface area (Å²) in [6.45, 7) is 5.22. The number of nitrogens with zero attached hydrogens (tertiary/aromatic N) is 1. The summed E-state index contributed by atoms with van der Waals surface area (Å²) in [5, 5.41) is 10.9. The summed E-state index contributed by atoms with van der Waals surface area (Å²) < 4.78 is 5.16. The fourth-order valence-corrected chi connectivity index (χ4v) is 1.37. The molecule has 1 aromatic rings. The molecule has 1 aromatic carbocycles. The highest BCUT2D eigenvalue weighted by Crippen LogP contribution is 2.20. The molecule has 0 atom stereocenters. The third kappa shape index (κ3) is 3.48. The lowest BCUT2D eigenvalue weighted by molar-refractivity contribution is -0.254. The molecule has 98 valence electrons. The Bertz CT molecular complexity index is 462. The number of aromatic carboxylic acids is 1. The van der Waals surface area contributed by atoms with Crippen LogP contribution in [0.15, 0.2) is 24.3 Å². The molecule has 0 fully saturated rings. The number of hydrogen-bond acceptors (Lipinski definition) is 4. The monoisotopic (exact) mass is 250 g/mol. The first-order valence-corrected chi connectivity index (χ1v) is 5.49. The van der Waals surface area contributed by atoms with Gasteiger partial charge in [-0.1, -0.05) is 18.2 Å². The van der Waals surface area contributed by atoms with Crippen LogP contribution in [0.2, 0.25) is 0 Å². The minimum Gasteiger partial charge on any atom is -0.545 e. The highest BCUT2D eigenvalue weighted by Gasteiger charge is 2.21. The minimum atomic E-state index is -1.33. The summed E-state index contributed by atoms with van der Waals surface area (Å²) in [5.41, 5.74) is -0.445. The zero-order valence-corrected chi connectivity index (χ0v) is 10.9. The summed E-state index contributed by atoms with van der Waals surface area (Å²) in [7, 11) is 1.45. The molecule has 0 unspecified atom stereocenters. The Morgan fingerprint density at radius 2 is 1.78 bits per heavy atom. The predicted molar refractivity (Wildman–Crippen MR) is 65.4 cm³/mol. The summed E-state index contributed by atoms with van der Waals surface area (Å²) in [4.78, 5) is 23.9. The Kier molecular flexibility index (Phi) is 3.96. The molecule has 5 heteroatoms. The maximum absolute atomic E-state index is 11.8. The molecular formula is C13H16NO4-. The van der Waals surface area contributed by atoms with Gasteiger partial charge < -0.3 is 14.6 Å². The van der Waals surface area contributed by atoms with Crippen LogP contribution in [0.1, 0.15) is 31.1 Å². The molecule has 18 heavy (non-hydrogen) atoms. The Morgan fingerprint density at radius 1 is 1.22 bits per heavy atom. The lowest BCUT2D eigenvalue weighted by Gasteiger charge is -2.26. The Labute approximate surface area is 106 Å². The molecular weight excluding hydrogens is 234 g/mol. The van der Waals surface area contributed by atoms with Crippen LogP contribution in [0.3, 0.4) is 0 Å². The molecule has 1 amide bonds. The molecule has 1 rings (SSSR count). The van der Waals surface area contributed by atoms with E-state index in [4.69, 9.17) is 4.74 Å². The zero-order valence-electron chi connectivity index (χ0n) is 10.9. The largest absolute Gasteiger partial charge is 0.545 e. The molecule has 0 aliphatic carbocycles. The first-order valence-electron chi connectivity index (χ1n) is 5.49. The van der Waals surface area contributed by atoms with E-state index in [0.717, 1.165) is 4.90 Å². The molecule has 0 saturated heterocycles. The number of benzene rings is 1. The van der Waals surface area contributed by atoms with Crippen LogP contribution in [0.5, 0.6) is 0 Å². The first-order chi connectivity index (χ1) is 8.22. The van der Waals surface area contributed by atoms with Crippen LogP contribution in [-0.2, 0) is 4.74 Å². The predicted octanol–water partition coefficient (Wildman–Crippen LogP) is 1.42. The van der Waals surface area contributed by atoms with Gasteiger partial charge in [0.2, 0.25) is 0 Å². The van der Waals surface area contributed by atoms with Crippen molar-refractivity contribution in [1.29, 1.82) is 0 Å². The number of rotatable bonds is 2. The highest BCUT2D eigenvalue weighted by atomic mass is 16.6. The standard InChI is InChI=1S/C13H17NO4/c1-13(2,3)18-12(17)14(4)10-8-6-5-7-9(10)11(15)16/h5-8H,1-4H3,(H,15,16)/p-1. The average Bonchev–Trinajstić information content (AvgIpc) is 2.25. The van der Waals surface area contributed by atoms with E-state index >= 15 is 0 Å². The first kappa shape index (κ1) is 14.0. The Morgan fingerprint density at radius 3 is 2.28 bits per heavy atom. The van der Waals surface area contributed by atoms with Crippen molar-refractivity contribution in [3.8, 4) is 0 Å². The second-order valence-corrected chi connectivity index (χ2v) is 4.84. The third-order valence-electron chi connectivity index (χ3n) is 2.15. The molecule has 0 bridgehead atoms. The van der Waals surface area contributed by atoms with Gasteiger partial charge in [-0.25, -0.2) is 4.79 Å². The van der Waals surface area contributed by atoms with Crippen molar-refractivity contribution in [1.82, 2.24) is 0 Å². The van der Waals surface area contributed by atoms with Gasteiger partial charge in [-0.05, 0) is 26.8 Å². The molecule has 0 saturated carbocycles. The van der Waals surface area contributed by atoms with E-state index in [2.05, 4.69) is 0 Å². The maximum atomic E-state index is 11.8. The fraction of sp³-hybridized carbons (Fsp3) is 0.385. The highest BCUT2D eigenvalue weighted by molar-refractivity contribution is 5.98. The van der Waals surface area contributed by atoms with Gasteiger partial charge in [-0.2, -0.15) is 0 Å². The Balaban J connectivity index is 3.00. The van der Waals surface area contributed by atoms with E-state index in [1.165, 1.54) is 19.2 Å². The van der Waals surface area contributed by atoms with Crippen molar-refractivity contribution in [2.24, 2.45) is 0 Å². The van der Waals surface area contributed by atoms with Gasteiger partial charge in [0.25, 0.3) is 0 Å². The number of anilines is 1. The summed E-state index contributed by atoms with van der Waals surface area (Å²) >= 11 is 0. The summed E-state index contributed by atoms with van der Waals surface area (Å²) in [5.74, 6) is -1.33. The molecule has 0 N–H and O–H groups in total. The molecule has 0 heterocycles. The smallest absolute Gasteiger partial charge is 0.414 e.